The topological polar surface area (TPSA) is 228 Å². The molecular formula is C35H48N4O13S2. The standard InChI is InChI=1S/C35H48N4O13S2/c1-4-53-54-29(21(2)39(20-40)17-32(44)50-19-28-34(46)33(45)27(41)18-49-28)14-15-48-30(42)6-5-7-31(43)51-24-11-9-23(10-12-24)38(3)35(47)22-8-13-25-26(16-22)37-52-36-25/h8,13,16,20,23-24,27-28,33-34,41,45-46H,4-7,9-12,14-15,17-19H2,1-3H3/b29-21-/t23-,24-,27?,28?,33?,34?. The van der Waals surface area contributed by atoms with Crippen molar-refractivity contribution in [2.24, 2.45) is 0 Å². The maximum atomic E-state index is 13.0. The predicted molar refractivity (Wildman–Crippen MR) is 195 cm³/mol. The lowest BCUT2D eigenvalue weighted by molar-refractivity contribution is -0.201. The molecule has 1 aromatic carbocycles. The van der Waals surface area contributed by atoms with Crippen LogP contribution >= 0.6 is 21.6 Å². The number of amides is 2. The minimum atomic E-state index is -1.45. The van der Waals surface area contributed by atoms with Crippen LogP contribution in [0.5, 0.6) is 0 Å². The average Bonchev–Trinajstić information content (AvgIpc) is 3.65. The molecule has 54 heavy (non-hydrogen) atoms. The molecule has 1 aliphatic heterocycles. The molecule has 19 heteroatoms. The molecule has 0 radical (unpaired) electrons. The number of esters is 3. The Morgan fingerprint density at radius 1 is 0.963 bits per heavy atom. The first-order valence-corrected chi connectivity index (χ1v) is 20.1. The second-order valence-corrected chi connectivity index (χ2v) is 15.6. The second kappa shape index (κ2) is 21.4. The number of carbonyl (C=O) groups is 5. The van der Waals surface area contributed by atoms with Crippen LogP contribution < -0.4 is 0 Å². The van der Waals surface area contributed by atoms with E-state index in [4.69, 9.17) is 23.6 Å². The zero-order chi connectivity index (χ0) is 39.2. The Balaban J connectivity index is 1.13. The normalized spacial score (nSPS) is 23.2. The fourth-order valence-corrected chi connectivity index (χ4v) is 8.02. The van der Waals surface area contributed by atoms with Gasteiger partial charge >= 0.3 is 17.9 Å². The molecule has 2 aromatic rings. The first-order chi connectivity index (χ1) is 25.9. The van der Waals surface area contributed by atoms with Crippen molar-refractivity contribution in [1.82, 2.24) is 20.1 Å². The first kappa shape index (κ1) is 43.0. The van der Waals surface area contributed by atoms with Crippen LogP contribution in [0.25, 0.3) is 11.0 Å². The van der Waals surface area contributed by atoms with Gasteiger partial charge in [0.1, 0.15) is 54.7 Å². The monoisotopic (exact) mass is 796 g/mol. The summed E-state index contributed by atoms with van der Waals surface area (Å²) in [5.41, 5.74) is 2.04. The molecule has 1 aromatic heterocycles. The van der Waals surface area contributed by atoms with E-state index in [-0.39, 0.29) is 63.6 Å². The Morgan fingerprint density at radius 3 is 2.41 bits per heavy atom. The molecule has 2 heterocycles. The first-order valence-electron chi connectivity index (χ1n) is 17.8. The van der Waals surface area contributed by atoms with Crippen molar-refractivity contribution in [3.8, 4) is 0 Å². The van der Waals surface area contributed by atoms with E-state index in [1.54, 1.807) is 37.1 Å². The van der Waals surface area contributed by atoms with E-state index in [1.807, 2.05) is 6.92 Å². The maximum Gasteiger partial charge on any atom is 0.326 e. The minimum absolute atomic E-state index is 0.000612. The molecule has 2 aliphatic rings. The number of rotatable bonds is 19. The van der Waals surface area contributed by atoms with Gasteiger partial charge in [-0.2, -0.15) is 0 Å². The molecule has 2 fully saturated rings. The molecule has 3 N–H and O–H groups in total. The number of nitrogens with zero attached hydrogens (tertiary/aromatic N) is 4. The molecule has 0 bridgehead atoms. The van der Waals surface area contributed by atoms with E-state index in [0.29, 0.717) is 59.3 Å². The quantitative estimate of drug-likeness (QED) is 0.0802. The van der Waals surface area contributed by atoms with E-state index in [1.165, 1.54) is 21.6 Å². The lowest BCUT2D eigenvalue weighted by atomic mass is 9.91. The Labute approximate surface area is 320 Å². The highest BCUT2D eigenvalue weighted by molar-refractivity contribution is 8.78. The van der Waals surface area contributed by atoms with Gasteiger partial charge in [0.15, 0.2) is 0 Å². The van der Waals surface area contributed by atoms with Crippen molar-refractivity contribution in [3.05, 3.63) is 34.4 Å². The summed E-state index contributed by atoms with van der Waals surface area (Å²) in [7, 11) is 4.66. The number of allylic oxidation sites excluding steroid dienone is 1. The Hall–Kier alpha value is -3.75. The van der Waals surface area contributed by atoms with Gasteiger partial charge in [-0.1, -0.05) is 28.5 Å². The number of hydrogen-bond acceptors (Lipinski definition) is 17. The minimum Gasteiger partial charge on any atom is -0.465 e. The summed E-state index contributed by atoms with van der Waals surface area (Å²) in [5, 5.41) is 37.0. The number of aliphatic hydroxyl groups is 3. The molecule has 0 spiro atoms. The predicted octanol–water partition coefficient (Wildman–Crippen LogP) is 2.37. The molecule has 298 valence electrons. The van der Waals surface area contributed by atoms with Gasteiger partial charge < -0.3 is 44.1 Å². The number of carbonyl (C=O) groups excluding carboxylic acids is 5. The van der Waals surface area contributed by atoms with Crippen molar-refractivity contribution >= 4 is 62.8 Å². The Morgan fingerprint density at radius 2 is 1.69 bits per heavy atom. The van der Waals surface area contributed by atoms with Crippen LogP contribution in [-0.4, -0.2) is 141 Å². The van der Waals surface area contributed by atoms with Gasteiger partial charge in [-0.3, -0.25) is 24.0 Å². The third kappa shape index (κ3) is 12.4. The molecule has 2 amide bonds. The van der Waals surface area contributed by atoms with E-state index < -0.39 is 48.9 Å². The number of aromatic nitrogens is 2. The molecule has 4 rings (SSSR count). The van der Waals surface area contributed by atoms with Crippen LogP contribution in [0.1, 0.15) is 75.6 Å². The molecular weight excluding hydrogens is 749 g/mol. The highest BCUT2D eigenvalue weighted by Crippen LogP contribution is 2.35. The zero-order valence-electron chi connectivity index (χ0n) is 30.5. The van der Waals surface area contributed by atoms with Gasteiger partial charge in [0.05, 0.1) is 13.2 Å². The van der Waals surface area contributed by atoms with Crippen LogP contribution in [0, 0.1) is 0 Å². The van der Waals surface area contributed by atoms with E-state index >= 15 is 0 Å². The zero-order valence-corrected chi connectivity index (χ0v) is 32.1. The Bertz CT molecular complexity index is 1620. The molecule has 1 saturated heterocycles. The van der Waals surface area contributed by atoms with Crippen LogP contribution in [0.3, 0.4) is 0 Å². The van der Waals surface area contributed by atoms with Crippen LogP contribution in [0.2, 0.25) is 0 Å². The number of fused-ring (bicyclic) bond motifs is 1. The van der Waals surface area contributed by atoms with E-state index in [9.17, 15) is 39.3 Å². The van der Waals surface area contributed by atoms with Gasteiger partial charge in [-0.15, -0.1) is 0 Å². The molecule has 4 atom stereocenters. The van der Waals surface area contributed by atoms with Gasteiger partial charge in [-0.25, -0.2) is 4.63 Å². The summed E-state index contributed by atoms with van der Waals surface area (Å²) in [5.74, 6) is -1.04. The summed E-state index contributed by atoms with van der Waals surface area (Å²) in [6.07, 6.45) is -1.77. The van der Waals surface area contributed by atoms with Gasteiger partial charge in [0.2, 0.25) is 6.41 Å². The van der Waals surface area contributed by atoms with E-state index in [0.717, 1.165) is 10.7 Å². The van der Waals surface area contributed by atoms with Crippen LogP contribution in [-0.2, 0) is 38.1 Å². The summed E-state index contributed by atoms with van der Waals surface area (Å²) in [6.45, 7) is 2.58. The second-order valence-electron chi connectivity index (χ2n) is 13.0. The van der Waals surface area contributed by atoms with Gasteiger partial charge in [0, 0.05) is 54.3 Å². The lowest BCUT2D eigenvalue weighted by Gasteiger charge is -2.34. The van der Waals surface area contributed by atoms with Crippen LogP contribution in [0.15, 0.2) is 33.4 Å². The van der Waals surface area contributed by atoms with E-state index in [2.05, 4.69) is 10.3 Å². The number of benzene rings is 1. The van der Waals surface area contributed by atoms with Crippen molar-refractivity contribution in [2.75, 3.05) is 39.2 Å². The molecule has 1 aliphatic carbocycles. The third-order valence-electron chi connectivity index (χ3n) is 9.22. The van der Waals surface area contributed by atoms with Crippen LogP contribution in [0.4, 0.5) is 0 Å². The highest BCUT2D eigenvalue weighted by Gasteiger charge is 2.38. The summed E-state index contributed by atoms with van der Waals surface area (Å²) in [4.78, 5) is 66.0. The van der Waals surface area contributed by atoms with Gasteiger partial charge in [0.25, 0.3) is 5.91 Å². The van der Waals surface area contributed by atoms with Crippen molar-refractivity contribution in [2.45, 2.75) is 102 Å². The lowest BCUT2D eigenvalue weighted by Crippen LogP contribution is -2.54. The molecule has 4 unspecified atom stereocenters. The number of aliphatic hydroxyl groups excluding tert-OH is 3. The summed E-state index contributed by atoms with van der Waals surface area (Å²) in [6, 6.07) is 5.03. The largest absolute Gasteiger partial charge is 0.465 e. The average molecular weight is 797 g/mol. The fourth-order valence-electron chi connectivity index (χ4n) is 5.97. The highest BCUT2D eigenvalue weighted by atomic mass is 33.1. The molecule has 17 nitrogen and oxygen atoms in total. The van der Waals surface area contributed by atoms with Crippen molar-refractivity contribution < 1.29 is 62.9 Å². The van der Waals surface area contributed by atoms with Crippen molar-refractivity contribution in [3.63, 3.8) is 0 Å². The van der Waals surface area contributed by atoms with Gasteiger partial charge in [-0.05, 0) is 67.5 Å². The SMILES string of the molecule is CCSS/C(CCOC(=O)CCCC(=O)O[C@H]1CC[C@H](N(C)C(=O)c2ccc3nonc3c2)CC1)=C(/C)N(C=O)CC(=O)OCC1OCC(O)C(O)C1O. The van der Waals surface area contributed by atoms with Crippen molar-refractivity contribution in [1.29, 1.82) is 0 Å². The smallest absolute Gasteiger partial charge is 0.326 e. The molecule has 1 saturated carbocycles. The summed E-state index contributed by atoms with van der Waals surface area (Å²) < 4.78 is 26.1. The summed E-state index contributed by atoms with van der Waals surface area (Å²) >= 11 is 0. The number of hydrogen-bond donors (Lipinski definition) is 3. The maximum absolute atomic E-state index is 13.0. The fraction of sp³-hybridized carbons (Fsp3) is 0.629. The third-order valence-corrected chi connectivity index (χ3v) is 11.9. The Kier molecular flexibility index (Phi) is 17.0. The number of ether oxygens (including phenoxy) is 4.